The van der Waals surface area contributed by atoms with Crippen molar-refractivity contribution in [2.75, 3.05) is 6.54 Å². The van der Waals surface area contributed by atoms with Gasteiger partial charge in [-0.1, -0.05) is 49.6 Å². The fourth-order valence-electron chi connectivity index (χ4n) is 4.97. The second kappa shape index (κ2) is 13.1. The smallest absolute Gasteiger partial charge is 0.220 e. The fourth-order valence-corrected chi connectivity index (χ4v) is 4.97. The standard InChI is InChI=1S/C27H41NO4/c29-22(15-14-20-8-4-3-5-9-20)16-17-24-23(25(30)18-26(24)31)10-6-1-2-7-11-27(32)28-19-21-12-13-21/h3-5,8-9,21-25,29-30H,1-2,6-7,10-19H2,(H,28,32)/t22-,23+,24+,25-/m0/s1. The van der Waals surface area contributed by atoms with E-state index in [0.29, 0.717) is 25.7 Å². The van der Waals surface area contributed by atoms with E-state index < -0.39 is 12.2 Å². The minimum atomic E-state index is -0.540. The molecule has 2 saturated carbocycles. The van der Waals surface area contributed by atoms with Gasteiger partial charge >= 0.3 is 0 Å². The Hall–Kier alpha value is -1.72. The van der Waals surface area contributed by atoms with Crippen molar-refractivity contribution < 1.29 is 19.8 Å². The Morgan fingerprint density at radius 2 is 1.78 bits per heavy atom. The van der Waals surface area contributed by atoms with Crippen LogP contribution in [-0.4, -0.2) is 40.7 Å². The zero-order chi connectivity index (χ0) is 22.8. The van der Waals surface area contributed by atoms with Gasteiger partial charge in [0.2, 0.25) is 5.91 Å². The average Bonchev–Trinajstić information content (AvgIpc) is 3.58. The number of aryl methyl sites for hydroxylation is 1. The summed E-state index contributed by atoms with van der Waals surface area (Å²) in [7, 11) is 0. The van der Waals surface area contributed by atoms with Crippen molar-refractivity contribution in [1.29, 1.82) is 0 Å². The van der Waals surface area contributed by atoms with E-state index in [0.717, 1.165) is 51.0 Å². The molecule has 0 spiro atoms. The number of amides is 1. The number of hydrogen-bond donors (Lipinski definition) is 3. The molecule has 0 aromatic heterocycles. The number of nitrogens with one attached hydrogen (secondary N) is 1. The lowest BCUT2D eigenvalue weighted by Crippen LogP contribution is -2.25. The first-order chi connectivity index (χ1) is 15.5. The number of rotatable bonds is 15. The summed E-state index contributed by atoms with van der Waals surface area (Å²) in [5, 5.41) is 23.8. The number of benzene rings is 1. The van der Waals surface area contributed by atoms with Gasteiger partial charge in [0.25, 0.3) is 0 Å². The van der Waals surface area contributed by atoms with Crippen molar-refractivity contribution in [3.63, 3.8) is 0 Å². The molecule has 5 heteroatoms. The molecule has 1 amide bonds. The molecule has 3 rings (SSSR count). The molecule has 4 atom stereocenters. The molecule has 0 radical (unpaired) electrons. The highest BCUT2D eigenvalue weighted by molar-refractivity contribution is 5.84. The van der Waals surface area contributed by atoms with Crippen LogP contribution in [0.25, 0.3) is 0 Å². The summed E-state index contributed by atoms with van der Waals surface area (Å²) < 4.78 is 0. The summed E-state index contributed by atoms with van der Waals surface area (Å²) in [5.41, 5.74) is 1.22. The molecule has 0 saturated heterocycles. The minimum Gasteiger partial charge on any atom is -0.393 e. The van der Waals surface area contributed by atoms with E-state index in [1.165, 1.54) is 18.4 Å². The highest BCUT2D eigenvalue weighted by Gasteiger charge is 2.40. The maximum Gasteiger partial charge on any atom is 0.220 e. The van der Waals surface area contributed by atoms with Crippen molar-refractivity contribution in [2.24, 2.45) is 17.8 Å². The van der Waals surface area contributed by atoms with E-state index in [2.05, 4.69) is 17.4 Å². The first-order valence-corrected chi connectivity index (χ1v) is 12.7. The predicted octanol–water partition coefficient (Wildman–Crippen LogP) is 4.19. The van der Waals surface area contributed by atoms with Gasteiger partial charge in [0.05, 0.1) is 12.2 Å². The lowest BCUT2D eigenvalue weighted by atomic mass is 9.85. The summed E-state index contributed by atoms with van der Waals surface area (Å²) in [6, 6.07) is 10.1. The Bertz CT molecular complexity index is 703. The second-order valence-corrected chi connectivity index (χ2v) is 9.96. The Balaban J connectivity index is 1.29. The molecule has 0 bridgehead atoms. The quantitative estimate of drug-likeness (QED) is 0.355. The Kier molecular flexibility index (Phi) is 10.2. The van der Waals surface area contributed by atoms with Crippen LogP contribution in [0, 0.1) is 17.8 Å². The van der Waals surface area contributed by atoms with Crippen LogP contribution in [0.3, 0.4) is 0 Å². The summed E-state index contributed by atoms with van der Waals surface area (Å²) in [6.45, 7) is 0.842. The molecule has 2 fully saturated rings. The van der Waals surface area contributed by atoms with E-state index >= 15 is 0 Å². The predicted molar refractivity (Wildman–Crippen MR) is 126 cm³/mol. The SMILES string of the molecule is O=C(CCCCCC[C@H]1[C@@H](O)CC(=O)[C@@H]1CC[C@@H](O)CCc1ccccc1)NCC1CC1. The molecule has 0 unspecified atom stereocenters. The molecule has 32 heavy (non-hydrogen) atoms. The summed E-state index contributed by atoms with van der Waals surface area (Å²) in [5.74, 6) is 0.942. The third-order valence-electron chi connectivity index (χ3n) is 7.23. The maximum absolute atomic E-state index is 12.4. The van der Waals surface area contributed by atoms with E-state index in [4.69, 9.17) is 0 Å². The third kappa shape index (κ3) is 8.67. The molecule has 178 valence electrons. The van der Waals surface area contributed by atoms with Crippen LogP contribution in [0.15, 0.2) is 30.3 Å². The molecule has 0 aliphatic heterocycles. The maximum atomic E-state index is 12.4. The van der Waals surface area contributed by atoms with Gasteiger partial charge < -0.3 is 15.5 Å². The molecular weight excluding hydrogens is 402 g/mol. The van der Waals surface area contributed by atoms with Crippen molar-refractivity contribution in [3.05, 3.63) is 35.9 Å². The van der Waals surface area contributed by atoms with Gasteiger partial charge in [-0.05, 0) is 68.8 Å². The van der Waals surface area contributed by atoms with Gasteiger partial charge in [-0.15, -0.1) is 0 Å². The number of carbonyl (C=O) groups is 2. The van der Waals surface area contributed by atoms with Crippen LogP contribution in [-0.2, 0) is 16.0 Å². The highest BCUT2D eigenvalue weighted by Crippen LogP contribution is 2.36. The molecule has 2 aliphatic rings. The van der Waals surface area contributed by atoms with Crippen LogP contribution in [0.1, 0.15) is 82.6 Å². The zero-order valence-electron chi connectivity index (χ0n) is 19.4. The van der Waals surface area contributed by atoms with Crippen LogP contribution in [0.5, 0.6) is 0 Å². The molecule has 0 heterocycles. The largest absolute Gasteiger partial charge is 0.393 e. The Labute approximate surface area is 193 Å². The van der Waals surface area contributed by atoms with E-state index in [-0.39, 0.29) is 29.9 Å². The van der Waals surface area contributed by atoms with Gasteiger partial charge in [-0.3, -0.25) is 9.59 Å². The van der Waals surface area contributed by atoms with Crippen LogP contribution < -0.4 is 5.32 Å². The third-order valence-corrected chi connectivity index (χ3v) is 7.23. The summed E-state index contributed by atoms with van der Waals surface area (Å²) in [6.07, 6.45) is 10.0. The highest BCUT2D eigenvalue weighted by atomic mass is 16.3. The second-order valence-electron chi connectivity index (χ2n) is 9.96. The van der Waals surface area contributed by atoms with E-state index in [1.54, 1.807) is 0 Å². The molecule has 1 aromatic rings. The monoisotopic (exact) mass is 443 g/mol. The first-order valence-electron chi connectivity index (χ1n) is 12.7. The molecule has 3 N–H and O–H groups in total. The number of carbonyl (C=O) groups excluding carboxylic acids is 2. The van der Waals surface area contributed by atoms with Crippen molar-refractivity contribution in [1.82, 2.24) is 5.32 Å². The number of hydrogen-bond acceptors (Lipinski definition) is 4. The lowest BCUT2D eigenvalue weighted by Gasteiger charge is -2.22. The van der Waals surface area contributed by atoms with Gasteiger partial charge in [0.1, 0.15) is 5.78 Å². The minimum absolute atomic E-state index is 0.0191. The Morgan fingerprint density at radius 1 is 1.03 bits per heavy atom. The molecule has 5 nitrogen and oxygen atoms in total. The van der Waals surface area contributed by atoms with Crippen LogP contribution >= 0.6 is 0 Å². The number of unbranched alkanes of at least 4 members (excludes halogenated alkanes) is 3. The number of Topliss-reactive ketones (excluding diaryl/α,β-unsaturated/α-hetero) is 1. The average molecular weight is 444 g/mol. The van der Waals surface area contributed by atoms with E-state index in [1.807, 2.05) is 18.2 Å². The first kappa shape index (κ1) is 24.9. The fraction of sp³-hybridized carbons (Fsp3) is 0.704. The summed E-state index contributed by atoms with van der Waals surface area (Å²) in [4.78, 5) is 24.2. The summed E-state index contributed by atoms with van der Waals surface area (Å²) >= 11 is 0. The topological polar surface area (TPSA) is 86.6 Å². The van der Waals surface area contributed by atoms with Gasteiger partial charge in [0.15, 0.2) is 0 Å². The van der Waals surface area contributed by atoms with Crippen molar-refractivity contribution in [2.45, 2.75) is 95.7 Å². The van der Waals surface area contributed by atoms with E-state index in [9.17, 15) is 19.8 Å². The number of ketones is 1. The lowest BCUT2D eigenvalue weighted by molar-refractivity contribution is -0.122. The Morgan fingerprint density at radius 3 is 2.53 bits per heavy atom. The van der Waals surface area contributed by atoms with Crippen molar-refractivity contribution in [3.8, 4) is 0 Å². The normalized spacial score (nSPS) is 23.9. The molecule has 1 aromatic carbocycles. The molecular formula is C27H41NO4. The van der Waals surface area contributed by atoms with Gasteiger partial charge in [-0.2, -0.15) is 0 Å². The molecule has 2 aliphatic carbocycles. The number of aliphatic hydroxyl groups excluding tert-OH is 2. The zero-order valence-corrected chi connectivity index (χ0v) is 19.4. The van der Waals surface area contributed by atoms with Crippen LogP contribution in [0.4, 0.5) is 0 Å². The van der Waals surface area contributed by atoms with Gasteiger partial charge in [-0.25, -0.2) is 0 Å². The van der Waals surface area contributed by atoms with Crippen molar-refractivity contribution >= 4 is 11.7 Å². The van der Waals surface area contributed by atoms with Gasteiger partial charge in [0, 0.05) is 25.3 Å². The van der Waals surface area contributed by atoms with Crippen LogP contribution in [0.2, 0.25) is 0 Å². The number of aliphatic hydroxyl groups is 2.